The van der Waals surface area contributed by atoms with E-state index in [1.54, 1.807) is 0 Å². The van der Waals surface area contributed by atoms with E-state index in [1.165, 1.54) is 5.56 Å². The maximum absolute atomic E-state index is 4.73. The van der Waals surface area contributed by atoms with Gasteiger partial charge < -0.3 is 15.5 Å². The monoisotopic (exact) mass is 482 g/mol. The third-order valence-electron chi connectivity index (χ3n) is 7.34. The maximum Gasteiger partial charge on any atom is 0.226 e. The predicted molar refractivity (Wildman–Crippen MR) is 144 cm³/mol. The van der Waals surface area contributed by atoms with Gasteiger partial charge in [-0.15, -0.1) is 0 Å². The van der Waals surface area contributed by atoms with Crippen LogP contribution in [0.25, 0.3) is 11.1 Å². The van der Waals surface area contributed by atoms with Crippen LogP contribution in [0.4, 0.5) is 17.5 Å². The number of nitrogens with zero attached hydrogens (tertiary/aromatic N) is 6. The summed E-state index contributed by atoms with van der Waals surface area (Å²) < 4.78 is 0. The summed E-state index contributed by atoms with van der Waals surface area (Å²) in [7, 11) is 0. The van der Waals surface area contributed by atoms with Crippen molar-refractivity contribution in [1.29, 1.82) is 0 Å². The molecule has 186 valence electrons. The van der Waals surface area contributed by atoms with Crippen molar-refractivity contribution >= 4 is 17.5 Å². The lowest BCUT2D eigenvalue weighted by molar-refractivity contribution is 0.128. The van der Waals surface area contributed by atoms with Gasteiger partial charge in [-0.25, -0.2) is 15.0 Å². The van der Waals surface area contributed by atoms with Crippen LogP contribution in [0.15, 0.2) is 67.1 Å². The van der Waals surface area contributed by atoms with Crippen LogP contribution in [0.1, 0.15) is 12.0 Å². The van der Waals surface area contributed by atoms with Gasteiger partial charge in [-0.1, -0.05) is 24.3 Å². The van der Waals surface area contributed by atoms with Crippen LogP contribution in [-0.4, -0.2) is 83.2 Å². The Labute approximate surface area is 213 Å². The van der Waals surface area contributed by atoms with Crippen molar-refractivity contribution in [3.63, 3.8) is 0 Å². The van der Waals surface area contributed by atoms with Gasteiger partial charge in [0.25, 0.3) is 0 Å². The number of aromatic nitrogens is 3. The van der Waals surface area contributed by atoms with Gasteiger partial charge in [-0.05, 0) is 48.4 Å². The van der Waals surface area contributed by atoms with E-state index in [4.69, 9.17) is 9.97 Å². The quantitative estimate of drug-likeness (QED) is 0.474. The van der Waals surface area contributed by atoms with Crippen molar-refractivity contribution in [2.24, 2.45) is 0 Å². The van der Waals surface area contributed by atoms with Crippen LogP contribution in [-0.2, 0) is 6.54 Å². The molecule has 8 bridgehead atoms. The fraction of sp³-hybridized carbons (Fsp3) is 0.393. The molecule has 1 unspecified atom stereocenters. The molecule has 6 aliphatic rings. The molecule has 0 aliphatic carbocycles. The minimum atomic E-state index is 0.334. The van der Waals surface area contributed by atoms with Crippen molar-refractivity contribution in [3.8, 4) is 11.1 Å². The number of anilines is 3. The zero-order valence-electron chi connectivity index (χ0n) is 20.7. The number of nitrogens with one attached hydrogen (secondary N) is 2. The topological polar surface area (TPSA) is 72.5 Å². The fourth-order valence-corrected chi connectivity index (χ4v) is 5.29. The minimum absolute atomic E-state index is 0.334. The SMILES string of the molecule is C1=CC2CCNCCN3CCN(CC3)Cc3cccc(c3)Nc3cc(ccn3)-c3cnc(nc3)N2C1. The van der Waals surface area contributed by atoms with E-state index in [1.807, 2.05) is 24.7 Å². The Kier molecular flexibility index (Phi) is 6.89. The van der Waals surface area contributed by atoms with Gasteiger partial charge in [0, 0.05) is 82.2 Å². The Hall–Kier alpha value is -3.33. The zero-order valence-corrected chi connectivity index (χ0v) is 20.7. The summed E-state index contributed by atoms with van der Waals surface area (Å²) in [6.45, 7) is 9.44. The molecule has 1 aromatic carbocycles. The van der Waals surface area contributed by atoms with E-state index in [2.05, 4.69) is 72.8 Å². The van der Waals surface area contributed by atoms with Gasteiger partial charge in [0.2, 0.25) is 5.95 Å². The minimum Gasteiger partial charge on any atom is -0.340 e. The Morgan fingerprint density at radius 2 is 1.69 bits per heavy atom. The molecule has 9 rings (SSSR count). The number of rotatable bonds is 0. The molecule has 36 heavy (non-hydrogen) atoms. The maximum atomic E-state index is 4.73. The average molecular weight is 483 g/mol. The van der Waals surface area contributed by atoms with Gasteiger partial charge in [0.1, 0.15) is 5.82 Å². The summed E-state index contributed by atoms with van der Waals surface area (Å²) in [5.41, 5.74) is 4.41. The molecule has 2 aromatic heterocycles. The summed E-state index contributed by atoms with van der Waals surface area (Å²) >= 11 is 0. The third kappa shape index (κ3) is 5.41. The molecular weight excluding hydrogens is 448 g/mol. The fourth-order valence-electron chi connectivity index (χ4n) is 5.29. The van der Waals surface area contributed by atoms with E-state index in [0.29, 0.717) is 6.04 Å². The van der Waals surface area contributed by atoms with Gasteiger partial charge in [0.05, 0.1) is 6.04 Å². The third-order valence-corrected chi connectivity index (χ3v) is 7.34. The highest BCUT2D eigenvalue weighted by atomic mass is 15.3. The lowest BCUT2D eigenvalue weighted by Crippen LogP contribution is -2.47. The van der Waals surface area contributed by atoms with Gasteiger partial charge >= 0.3 is 0 Å². The largest absolute Gasteiger partial charge is 0.340 e. The molecular formula is C28H34N8. The van der Waals surface area contributed by atoms with Crippen molar-refractivity contribution in [2.75, 3.05) is 62.6 Å². The van der Waals surface area contributed by atoms with Gasteiger partial charge in [-0.3, -0.25) is 9.80 Å². The van der Waals surface area contributed by atoms with E-state index in [-0.39, 0.29) is 0 Å². The first-order chi connectivity index (χ1) is 17.8. The van der Waals surface area contributed by atoms with Crippen LogP contribution in [0.3, 0.4) is 0 Å². The van der Waals surface area contributed by atoms with Crippen molar-refractivity contribution in [2.45, 2.75) is 19.0 Å². The van der Waals surface area contributed by atoms with E-state index < -0.39 is 0 Å². The molecule has 0 saturated carbocycles. The zero-order chi connectivity index (χ0) is 24.2. The molecule has 2 N–H and O–H groups in total. The first-order valence-electron chi connectivity index (χ1n) is 13.0. The van der Waals surface area contributed by atoms with E-state index >= 15 is 0 Å². The highest BCUT2D eigenvalue weighted by Gasteiger charge is 2.22. The second-order valence-electron chi connectivity index (χ2n) is 9.83. The Morgan fingerprint density at radius 3 is 2.58 bits per heavy atom. The van der Waals surface area contributed by atoms with Gasteiger partial charge in [-0.2, -0.15) is 0 Å². The Morgan fingerprint density at radius 1 is 0.833 bits per heavy atom. The summed E-state index contributed by atoms with van der Waals surface area (Å²) in [4.78, 5) is 21.4. The molecule has 3 aromatic rings. The highest BCUT2D eigenvalue weighted by molar-refractivity contribution is 5.68. The smallest absolute Gasteiger partial charge is 0.226 e. The lowest BCUT2D eigenvalue weighted by atomic mass is 10.1. The second-order valence-corrected chi connectivity index (χ2v) is 9.83. The molecule has 8 heteroatoms. The van der Waals surface area contributed by atoms with Crippen molar-refractivity contribution in [3.05, 3.63) is 72.7 Å². The van der Waals surface area contributed by atoms with E-state index in [9.17, 15) is 0 Å². The van der Waals surface area contributed by atoms with Crippen molar-refractivity contribution < 1.29 is 0 Å². The number of benzene rings is 1. The Balaban J connectivity index is 1.25. The predicted octanol–water partition coefficient (Wildman–Crippen LogP) is 3.14. The van der Waals surface area contributed by atoms with Crippen LogP contribution in [0.2, 0.25) is 0 Å². The normalized spacial score (nSPS) is 24.3. The highest BCUT2D eigenvalue weighted by Crippen LogP contribution is 2.25. The molecule has 8 heterocycles. The molecule has 0 spiro atoms. The summed E-state index contributed by atoms with van der Waals surface area (Å²) in [6.07, 6.45) is 11.2. The number of hydrogen-bond donors (Lipinski definition) is 2. The average Bonchev–Trinajstić information content (AvgIpc) is 3.38. The first-order valence-corrected chi connectivity index (χ1v) is 13.0. The van der Waals surface area contributed by atoms with Gasteiger partial charge in [0.15, 0.2) is 0 Å². The summed E-state index contributed by atoms with van der Waals surface area (Å²) in [5, 5.41) is 7.15. The number of pyridine rings is 1. The number of piperazine rings is 1. The van der Waals surface area contributed by atoms with Crippen LogP contribution >= 0.6 is 0 Å². The van der Waals surface area contributed by atoms with Crippen molar-refractivity contribution in [1.82, 2.24) is 30.1 Å². The second kappa shape index (κ2) is 10.7. The molecule has 6 aliphatic heterocycles. The molecule has 8 nitrogen and oxygen atoms in total. The van der Waals surface area contributed by atoms with Crippen LogP contribution < -0.4 is 15.5 Å². The summed E-state index contributed by atoms with van der Waals surface area (Å²) in [5.74, 6) is 1.60. The summed E-state index contributed by atoms with van der Waals surface area (Å²) in [6, 6.07) is 13.1. The Bertz CT molecular complexity index is 1190. The molecule has 0 radical (unpaired) electrons. The lowest BCUT2D eigenvalue weighted by Gasteiger charge is -2.34. The molecule has 1 saturated heterocycles. The van der Waals surface area contributed by atoms with Crippen LogP contribution in [0.5, 0.6) is 0 Å². The van der Waals surface area contributed by atoms with E-state index in [0.717, 1.165) is 93.9 Å². The standard InChI is InChI=1S/C28H34N8/c1-3-22-17-25(4-1)33-27-18-23(6-9-30-27)24-19-31-28(32-20-24)36-11-2-5-26(36)7-8-29-10-12-34-13-15-35(21-22)16-14-34/h1-6,9,17-20,26,29H,7-8,10-16,21H2,(H,30,33). The first kappa shape index (κ1) is 23.1. The molecule has 1 fully saturated rings. The van der Waals surface area contributed by atoms with Crippen LogP contribution in [0, 0.1) is 0 Å². The molecule has 0 amide bonds. The number of hydrogen-bond acceptors (Lipinski definition) is 8. The molecule has 1 atom stereocenters.